The number of aromatic carboxylic acids is 1. The molecule has 0 saturated heterocycles. The third-order valence-corrected chi connectivity index (χ3v) is 6.74. The number of carboxylic acids is 1. The average molecular weight is 520 g/mol. The second-order valence-electron chi connectivity index (χ2n) is 9.36. The van der Waals surface area contributed by atoms with Crippen molar-refractivity contribution in [2.45, 2.75) is 19.9 Å². The number of fused-ring (bicyclic) bond motifs is 1. The van der Waals surface area contributed by atoms with Crippen molar-refractivity contribution in [2.24, 2.45) is 5.73 Å². The summed E-state index contributed by atoms with van der Waals surface area (Å²) in [7, 11) is 0. The van der Waals surface area contributed by atoms with Crippen LogP contribution in [0.3, 0.4) is 0 Å². The monoisotopic (exact) mass is 519 g/mol. The van der Waals surface area contributed by atoms with Crippen LogP contribution in [0.2, 0.25) is 0 Å². The molecule has 5 aromatic rings. The standard InChI is InChI=1S/C32H26FN3O3/c1-19(34)30(20(2)37)23-12-13-24-26(22-11-14-25(32(38)39)27(33)16-22)18-36(29(24)17-23)31(21-8-4-3-5-9-21)28-10-6-7-15-35-28/h3-18,31H,34H2,1-2H3,(H,38,39)/b30-19+. The first-order valence-electron chi connectivity index (χ1n) is 12.4. The van der Waals surface area contributed by atoms with E-state index < -0.39 is 17.3 Å². The average Bonchev–Trinajstić information content (AvgIpc) is 3.28. The van der Waals surface area contributed by atoms with Crippen LogP contribution >= 0.6 is 0 Å². The molecule has 5 rings (SSSR count). The van der Waals surface area contributed by atoms with E-state index in [9.17, 15) is 19.1 Å². The van der Waals surface area contributed by atoms with Gasteiger partial charge in [-0.3, -0.25) is 9.78 Å². The molecular formula is C32H26FN3O3. The van der Waals surface area contributed by atoms with Crippen LogP contribution in [-0.4, -0.2) is 26.4 Å². The van der Waals surface area contributed by atoms with Crippen molar-refractivity contribution in [2.75, 3.05) is 0 Å². The summed E-state index contributed by atoms with van der Waals surface area (Å²) in [5, 5.41) is 10.1. The van der Waals surface area contributed by atoms with E-state index in [1.54, 1.807) is 19.2 Å². The zero-order chi connectivity index (χ0) is 27.7. The van der Waals surface area contributed by atoms with Crippen molar-refractivity contribution in [1.29, 1.82) is 0 Å². The highest BCUT2D eigenvalue weighted by atomic mass is 19.1. The fourth-order valence-electron chi connectivity index (χ4n) is 5.06. The third kappa shape index (κ3) is 4.82. The molecule has 0 aliphatic heterocycles. The van der Waals surface area contributed by atoms with E-state index in [1.165, 1.54) is 19.1 Å². The topological polar surface area (TPSA) is 98.2 Å². The molecule has 0 aliphatic rings. The summed E-state index contributed by atoms with van der Waals surface area (Å²) in [6.45, 7) is 3.17. The molecule has 0 radical (unpaired) electrons. The SMILES string of the molecule is CC(=O)/C(=C(/C)N)c1ccc2c(-c3ccc(C(=O)O)c(F)c3)cn(C(c3ccccc3)c3ccccn3)c2c1. The van der Waals surface area contributed by atoms with Crippen LogP contribution in [0.15, 0.2) is 103 Å². The van der Waals surface area contributed by atoms with Gasteiger partial charge >= 0.3 is 5.97 Å². The highest BCUT2D eigenvalue weighted by Gasteiger charge is 2.23. The van der Waals surface area contributed by atoms with E-state index in [2.05, 4.69) is 9.55 Å². The molecule has 2 aromatic heterocycles. The Kier molecular flexibility index (Phi) is 6.81. The first-order chi connectivity index (χ1) is 18.8. The second kappa shape index (κ2) is 10.4. The van der Waals surface area contributed by atoms with Crippen molar-refractivity contribution in [3.05, 3.63) is 131 Å². The summed E-state index contributed by atoms with van der Waals surface area (Å²) in [5.41, 5.74) is 11.0. The molecule has 1 unspecified atom stereocenters. The molecule has 7 heteroatoms. The molecule has 0 fully saturated rings. The second-order valence-corrected chi connectivity index (χ2v) is 9.36. The third-order valence-electron chi connectivity index (χ3n) is 6.74. The lowest BCUT2D eigenvalue weighted by molar-refractivity contribution is -0.111. The summed E-state index contributed by atoms with van der Waals surface area (Å²) in [5.74, 6) is -2.29. The van der Waals surface area contributed by atoms with Gasteiger partial charge in [0.05, 0.1) is 16.8 Å². The maximum absolute atomic E-state index is 14.8. The maximum Gasteiger partial charge on any atom is 0.338 e. The number of hydrogen-bond donors (Lipinski definition) is 2. The zero-order valence-electron chi connectivity index (χ0n) is 21.4. The number of aromatic nitrogens is 2. The smallest absolute Gasteiger partial charge is 0.338 e. The highest BCUT2D eigenvalue weighted by Crippen LogP contribution is 2.38. The van der Waals surface area contributed by atoms with Gasteiger partial charge in [0.2, 0.25) is 0 Å². The van der Waals surface area contributed by atoms with Crippen LogP contribution in [-0.2, 0) is 4.79 Å². The summed E-state index contributed by atoms with van der Waals surface area (Å²) in [6, 6.07) is 25.0. The minimum atomic E-state index is -1.33. The Hall–Kier alpha value is -5.04. The van der Waals surface area contributed by atoms with Crippen molar-refractivity contribution in [3.63, 3.8) is 0 Å². The van der Waals surface area contributed by atoms with Gasteiger partial charge in [0.1, 0.15) is 11.9 Å². The normalized spacial score (nSPS) is 12.7. The van der Waals surface area contributed by atoms with E-state index in [1.807, 2.05) is 72.9 Å². The van der Waals surface area contributed by atoms with Gasteiger partial charge in [-0.2, -0.15) is 0 Å². The van der Waals surface area contributed by atoms with Gasteiger partial charge in [-0.05, 0) is 60.9 Å². The minimum Gasteiger partial charge on any atom is -0.478 e. The van der Waals surface area contributed by atoms with E-state index in [0.29, 0.717) is 28.0 Å². The molecule has 3 N–H and O–H groups in total. The van der Waals surface area contributed by atoms with Gasteiger partial charge < -0.3 is 15.4 Å². The van der Waals surface area contributed by atoms with E-state index in [4.69, 9.17) is 5.73 Å². The molecule has 1 atom stereocenters. The highest BCUT2D eigenvalue weighted by molar-refractivity contribution is 6.21. The number of hydrogen-bond acceptors (Lipinski definition) is 4. The van der Waals surface area contributed by atoms with Crippen LogP contribution in [0.4, 0.5) is 4.39 Å². The molecule has 0 bridgehead atoms. The lowest BCUT2D eigenvalue weighted by atomic mass is 9.97. The molecular weight excluding hydrogens is 493 g/mol. The maximum atomic E-state index is 14.8. The fourth-order valence-corrected chi connectivity index (χ4v) is 5.06. The lowest BCUT2D eigenvalue weighted by Crippen LogP contribution is -2.13. The van der Waals surface area contributed by atoms with Crippen molar-refractivity contribution >= 4 is 28.2 Å². The van der Waals surface area contributed by atoms with Gasteiger partial charge in [0, 0.05) is 34.6 Å². The van der Waals surface area contributed by atoms with Crippen molar-refractivity contribution in [3.8, 4) is 11.1 Å². The zero-order valence-corrected chi connectivity index (χ0v) is 21.4. The minimum absolute atomic E-state index is 0.150. The first-order valence-corrected chi connectivity index (χ1v) is 12.4. The molecule has 0 aliphatic carbocycles. The van der Waals surface area contributed by atoms with Crippen LogP contribution in [0.25, 0.3) is 27.6 Å². The van der Waals surface area contributed by atoms with E-state index in [-0.39, 0.29) is 11.8 Å². The van der Waals surface area contributed by atoms with Crippen LogP contribution in [0.5, 0.6) is 0 Å². The van der Waals surface area contributed by atoms with Gasteiger partial charge in [-0.15, -0.1) is 0 Å². The van der Waals surface area contributed by atoms with Gasteiger partial charge in [-0.1, -0.05) is 54.6 Å². The number of carboxylic acid groups (broad SMARTS) is 1. The summed E-state index contributed by atoms with van der Waals surface area (Å²) in [4.78, 5) is 28.5. The van der Waals surface area contributed by atoms with Crippen LogP contribution in [0, 0.1) is 5.82 Å². The fraction of sp³-hybridized carbons (Fsp3) is 0.0938. The van der Waals surface area contributed by atoms with Crippen LogP contribution in [0.1, 0.15) is 47.1 Å². The Morgan fingerprint density at radius 2 is 1.69 bits per heavy atom. The number of rotatable bonds is 7. The quantitative estimate of drug-likeness (QED) is 0.241. The van der Waals surface area contributed by atoms with Crippen molar-refractivity contribution < 1.29 is 19.1 Å². The number of pyridine rings is 1. The first kappa shape index (κ1) is 25.6. The van der Waals surface area contributed by atoms with Gasteiger partial charge in [-0.25, -0.2) is 9.18 Å². The summed E-state index contributed by atoms with van der Waals surface area (Å²) in [6.07, 6.45) is 3.65. The van der Waals surface area contributed by atoms with E-state index in [0.717, 1.165) is 22.2 Å². The molecule has 194 valence electrons. The number of carbonyl (C=O) groups excluding carboxylic acids is 1. The number of nitrogens with zero attached hydrogens (tertiary/aromatic N) is 2. The Bertz CT molecular complexity index is 1700. The largest absolute Gasteiger partial charge is 0.478 e. The Morgan fingerprint density at radius 3 is 2.31 bits per heavy atom. The van der Waals surface area contributed by atoms with Crippen LogP contribution < -0.4 is 5.73 Å². The number of carbonyl (C=O) groups is 2. The van der Waals surface area contributed by atoms with Gasteiger partial charge in [0.25, 0.3) is 0 Å². The molecule has 2 heterocycles. The lowest BCUT2D eigenvalue weighted by Gasteiger charge is -2.21. The van der Waals surface area contributed by atoms with Gasteiger partial charge in [0.15, 0.2) is 5.78 Å². The molecule has 3 aromatic carbocycles. The number of nitrogens with two attached hydrogens (primary N) is 1. The Balaban J connectivity index is 1.84. The number of Topliss-reactive ketones (excluding diaryl/α,β-unsaturated/α-hetero) is 1. The molecule has 0 saturated carbocycles. The predicted octanol–water partition coefficient (Wildman–Crippen LogP) is 6.46. The number of benzene rings is 3. The molecule has 0 spiro atoms. The summed E-state index contributed by atoms with van der Waals surface area (Å²) < 4.78 is 16.8. The Labute approximate surface area is 224 Å². The molecule has 0 amide bonds. The van der Waals surface area contributed by atoms with E-state index >= 15 is 0 Å². The number of ketones is 1. The molecule has 6 nitrogen and oxygen atoms in total. The number of halogens is 1. The summed E-state index contributed by atoms with van der Waals surface area (Å²) >= 11 is 0. The number of allylic oxidation sites excluding steroid dienone is 2. The molecule has 39 heavy (non-hydrogen) atoms. The Morgan fingerprint density at radius 1 is 0.949 bits per heavy atom. The predicted molar refractivity (Wildman–Crippen MR) is 150 cm³/mol. The van der Waals surface area contributed by atoms with Crippen molar-refractivity contribution in [1.82, 2.24) is 9.55 Å².